The quantitative estimate of drug-likeness (QED) is 0.879. The van der Waals surface area contributed by atoms with Crippen LogP contribution in [0.15, 0.2) is 23.6 Å². The maximum absolute atomic E-state index is 5.76. The molecule has 0 spiro atoms. The Morgan fingerprint density at radius 2 is 2.21 bits per heavy atom. The van der Waals surface area contributed by atoms with Crippen LogP contribution in [0.2, 0.25) is 0 Å². The molecule has 6 heteroatoms. The molecule has 2 rings (SSSR count). The monoisotopic (exact) mass is 277 g/mol. The Balaban J connectivity index is 2.30. The van der Waals surface area contributed by atoms with E-state index in [9.17, 15) is 0 Å². The first-order chi connectivity index (χ1) is 9.10. The average molecular weight is 277 g/mol. The van der Waals surface area contributed by atoms with E-state index in [-0.39, 0.29) is 0 Å². The normalized spacial score (nSPS) is 10.7. The number of hydrogen-bond acceptors (Lipinski definition) is 6. The number of hydrogen-bond donors (Lipinski definition) is 2. The van der Waals surface area contributed by atoms with E-state index in [1.807, 2.05) is 13.1 Å². The standard InChI is InChI=1S/C13H19N5S/c1-9(2)18(8-10-5-4-6-19-10)12-7-11(15-3)16-13(14)17-12/h4-7,9H,8H2,1-3H3,(H3,14,15,16,17). The predicted octanol–water partition coefficient (Wildman–Crippen LogP) is 2.58. The molecule has 0 aromatic carbocycles. The van der Waals surface area contributed by atoms with Gasteiger partial charge in [0.25, 0.3) is 0 Å². The fourth-order valence-corrected chi connectivity index (χ4v) is 2.53. The second-order valence-electron chi connectivity index (χ2n) is 4.52. The van der Waals surface area contributed by atoms with Crippen molar-refractivity contribution in [2.75, 3.05) is 23.0 Å². The molecule has 5 nitrogen and oxygen atoms in total. The van der Waals surface area contributed by atoms with Gasteiger partial charge < -0.3 is 16.0 Å². The molecule has 102 valence electrons. The van der Waals surface area contributed by atoms with Gasteiger partial charge in [0.15, 0.2) is 0 Å². The van der Waals surface area contributed by atoms with E-state index in [0.717, 1.165) is 18.2 Å². The lowest BCUT2D eigenvalue weighted by Gasteiger charge is -2.27. The average Bonchev–Trinajstić information content (AvgIpc) is 2.87. The molecular weight excluding hydrogens is 258 g/mol. The zero-order valence-electron chi connectivity index (χ0n) is 11.4. The number of anilines is 3. The van der Waals surface area contributed by atoms with Gasteiger partial charge in [0.05, 0.1) is 6.54 Å². The minimum Gasteiger partial charge on any atom is -0.373 e. The molecule has 0 saturated heterocycles. The molecule has 0 aliphatic rings. The maximum atomic E-state index is 5.76. The van der Waals surface area contributed by atoms with Gasteiger partial charge in [-0.2, -0.15) is 9.97 Å². The van der Waals surface area contributed by atoms with Crippen molar-refractivity contribution in [3.63, 3.8) is 0 Å². The van der Waals surface area contributed by atoms with Crippen molar-refractivity contribution < 1.29 is 0 Å². The fourth-order valence-electron chi connectivity index (χ4n) is 1.83. The first-order valence-corrected chi connectivity index (χ1v) is 7.09. The van der Waals surface area contributed by atoms with Crippen LogP contribution < -0.4 is 16.0 Å². The van der Waals surface area contributed by atoms with Crippen molar-refractivity contribution in [1.82, 2.24) is 9.97 Å². The summed E-state index contributed by atoms with van der Waals surface area (Å²) in [6.07, 6.45) is 0. The van der Waals surface area contributed by atoms with Crippen molar-refractivity contribution in [2.45, 2.75) is 26.4 Å². The largest absolute Gasteiger partial charge is 0.373 e. The topological polar surface area (TPSA) is 67.1 Å². The van der Waals surface area contributed by atoms with Gasteiger partial charge in [-0.3, -0.25) is 0 Å². The number of rotatable bonds is 5. The molecular formula is C13H19N5S. The minimum atomic E-state index is 0.290. The SMILES string of the molecule is CNc1cc(N(Cc2cccs2)C(C)C)nc(N)n1. The Labute approximate surface area is 117 Å². The third-order valence-corrected chi connectivity index (χ3v) is 3.67. The highest BCUT2D eigenvalue weighted by atomic mass is 32.1. The van der Waals surface area contributed by atoms with Crippen LogP contribution in [0, 0.1) is 0 Å². The van der Waals surface area contributed by atoms with E-state index in [2.05, 4.69) is 51.5 Å². The summed E-state index contributed by atoms with van der Waals surface area (Å²) in [4.78, 5) is 12.0. The smallest absolute Gasteiger partial charge is 0.223 e. The van der Waals surface area contributed by atoms with Crippen LogP contribution >= 0.6 is 11.3 Å². The van der Waals surface area contributed by atoms with Crippen molar-refractivity contribution in [3.8, 4) is 0 Å². The zero-order valence-corrected chi connectivity index (χ0v) is 12.2. The van der Waals surface area contributed by atoms with E-state index >= 15 is 0 Å². The number of aromatic nitrogens is 2. The van der Waals surface area contributed by atoms with Crippen LogP contribution in [0.4, 0.5) is 17.6 Å². The van der Waals surface area contributed by atoms with Gasteiger partial charge in [-0.05, 0) is 25.3 Å². The van der Waals surface area contributed by atoms with Crippen molar-refractivity contribution in [3.05, 3.63) is 28.5 Å². The number of nitrogens with two attached hydrogens (primary N) is 1. The molecule has 0 saturated carbocycles. The lowest BCUT2D eigenvalue weighted by Crippen LogP contribution is -2.31. The summed E-state index contributed by atoms with van der Waals surface area (Å²) in [5.74, 6) is 1.87. The molecule has 0 bridgehead atoms. The van der Waals surface area contributed by atoms with Gasteiger partial charge in [-0.25, -0.2) is 0 Å². The zero-order chi connectivity index (χ0) is 13.8. The summed E-state index contributed by atoms with van der Waals surface area (Å²) in [5.41, 5.74) is 5.76. The second-order valence-corrected chi connectivity index (χ2v) is 5.55. The number of nitrogens with one attached hydrogen (secondary N) is 1. The van der Waals surface area contributed by atoms with Crippen LogP contribution in [0.25, 0.3) is 0 Å². The molecule has 0 atom stereocenters. The van der Waals surface area contributed by atoms with Crippen LogP contribution in [-0.4, -0.2) is 23.1 Å². The van der Waals surface area contributed by atoms with Gasteiger partial charge in [0.1, 0.15) is 11.6 Å². The van der Waals surface area contributed by atoms with Crippen molar-refractivity contribution >= 4 is 28.9 Å². The number of nitrogen functional groups attached to an aromatic ring is 1. The van der Waals surface area contributed by atoms with Crippen LogP contribution in [0.5, 0.6) is 0 Å². The molecule has 19 heavy (non-hydrogen) atoms. The van der Waals surface area contributed by atoms with Crippen LogP contribution in [0.3, 0.4) is 0 Å². The van der Waals surface area contributed by atoms with Crippen molar-refractivity contribution in [2.24, 2.45) is 0 Å². The first-order valence-electron chi connectivity index (χ1n) is 6.21. The molecule has 0 radical (unpaired) electrons. The molecule has 0 fully saturated rings. The molecule has 3 N–H and O–H groups in total. The molecule has 2 aromatic heterocycles. The van der Waals surface area contributed by atoms with Gasteiger partial charge in [-0.15, -0.1) is 11.3 Å². The van der Waals surface area contributed by atoms with E-state index in [1.54, 1.807) is 11.3 Å². The Hall–Kier alpha value is -1.82. The molecule has 0 aliphatic heterocycles. The fraction of sp³-hybridized carbons (Fsp3) is 0.385. The van der Waals surface area contributed by atoms with Gasteiger partial charge in [-0.1, -0.05) is 6.07 Å². The Morgan fingerprint density at radius 3 is 2.79 bits per heavy atom. The lowest BCUT2D eigenvalue weighted by atomic mass is 10.3. The van der Waals surface area contributed by atoms with Crippen LogP contribution in [0.1, 0.15) is 18.7 Å². The lowest BCUT2D eigenvalue weighted by molar-refractivity contribution is 0.677. The van der Waals surface area contributed by atoms with Gasteiger partial charge >= 0.3 is 0 Å². The molecule has 0 aliphatic carbocycles. The Kier molecular flexibility index (Phi) is 4.21. The predicted molar refractivity (Wildman–Crippen MR) is 81.6 cm³/mol. The van der Waals surface area contributed by atoms with Gasteiger partial charge in [0, 0.05) is 24.0 Å². The Morgan fingerprint density at radius 1 is 1.42 bits per heavy atom. The van der Waals surface area contributed by atoms with E-state index < -0.39 is 0 Å². The summed E-state index contributed by atoms with van der Waals surface area (Å²) in [6, 6.07) is 6.44. The Bertz CT molecular complexity index is 524. The second kappa shape index (κ2) is 5.88. The van der Waals surface area contributed by atoms with Gasteiger partial charge in [0.2, 0.25) is 5.95 Å². The molecule has 0 amide bonds. The minimum absolute atomic E-state index is 0.290. The third-order valence-electron chi connectivity index (χ3n) is 2.81. The third kappa shape index (κ3) is 3.35. The highest BCUT2D eigenvalue weighted by Gasteiger charge is 2.15. The molecule has 0 unspecified atom stereocenters. The highest BCUT2D eigenvalue weighted by Crippen LogP contribution is 2.22. The summed E-state index contributed by atoms with van der Waals surface area (Å²) >= 11 is 1.75. The highest BCUT2D eigenvalue weighted by molar-refractivity contribution is 7.09. The summed E-state index contributed by atoms with van der Waals surface area (Å²) in [7, 11) is 1.82. The summed E-state index contributed by atoms with van der Waals surface area (Å²) < 4.78 is 0. The van der Waals surface area contributed by atoms with Crippen LogP contribution in [-0.2, 0) is 6.54 Å². The summed E-state index contributed by atoms with van der Waals surface area (Å²) in [6.45, 7) is 5.12. The maximum Gasteiger partial charge on any atom is 0.223 e. The van der Waals surface area contributed by atoms with E-state index in [0.29, 0.717) is 12.0 Å². The van der Waals surface area contributed by atoms with Crippen molar-refractivity contribution in [1.29, 1.82) is 0 Å². The molecule has 2 aromatic rings. The number of nitrogens with zero attached hydrogens (tertiary/aromatic N) is 3. The summed E-state index contributed by atoms with van der Waals surface area (Å²) in [5, 5.41) is 5.09. The first kappa shape index (κ1) is 13.6. The van der Waals surface area contributed by atoms with E-state index in [1.165, 1.54) is 4.88 Å². The number of thiophene rings is 1. The molecule has 2 heterocycles. The van der Waals surface area contributed by atoms with E-state index in [4.69, 9.17) is 5.73 Å².